The predicted molar refractivity (Wildman–Crippen MR) is 349 cm³/mol. The van der Waals surface area contributed by atoms with Gasteiger partial charge < -0.3 is 33.8 Å². The van der Waals surface area contributed by atoms with Crippen LogP contribution in [0.15, 0.2) is 0 Å². The molecule has 8 atom stereocenters. The van der Waals surface area contributed by atoms with Crippen LogP contribution in [0.4, 0.5) is 0 Å². The fourth-order valence-electron chi connectivity index (χ4n) is 10.0. The number of aliphatic hydroxyl groups is 1. The number of hydrogen-bond donors (Lipinski definition) is 3. The van der Waals surface area contributed by atoms with Crippen molar-refractivity contribution in [2.24, 2.45) is 23.7 Å². The van der Waals surface area contributed by atoms with E-state index in [-0.39, 0.29) is 25.7 Å². The average molecular weight is 1280 g/mol. The normalized spacial score (nSPS) is 15.3. The van der Waals surface area contributed by atoms with E-state index in [1.165, 1.54) is 128 Å². The first-order chi connectivity index (χ1) is 41.7. The highest BCUT2D eigenvalue weighted by molar-refractivity contribution is 7.47. The molecule has 0 heterocycles. The van der Waals surface area contributed by atoms with Gasteiger partial charge in [-0.15, -0.1) is 0 Å². The summed E-state index contributed by atoms with van der Waals surface area (Å²) in [4.78, 5) is 72.4. The Labute approximate surface area is 530 Å². The topological polar surface area (TPSA) is 237 Å². The van der Waals surface area contributed by atoms with Crippen molar-refractivity contribution < 1.29 is 80.2 Å². The molecular weight excluding hydrogens is 1150 g/mol. The molecule has 17 nitrogen and oxygen atoms in total. The first kappa shape index (κ1) is 85.1. The Hall–Kier alpha value is -1.94. The van der Waals surface area contributed by atoms with Crippen LogP contribution in [0.3, 0.4) is 0 Å². The van der Waals surface area contributed by atoms with Gasteiger partial charge in [-0.2, -0.15) is 0 Å². The first-order valence-corrected chi connectivity index (χ1v) is 38.3. The van der Waals surface area contributed by atoms with Gasteiger partial charge >= 0.3 is 39.5 Å². The van der Waals surface area contributed by atoms with Gasteiger partial charge in [-0.05, 0) is 49.4 Å². The van der Waals surface area contributed by atoms with Gasteiger partial charge in [0, 0.05) is 25.7 Å². The number of phosphoric acid groups is 2. The second-order valence-electron chi connectivity index (χ2n) is 25.8. The standard InChI is InChI=1S/C68H132O17P2/c1-9-59(6)45-37-29-20-14-12-13-15-23-32-40-48-65(70)78-54-63(84-67(72)50-42-34-24-18-16-21-30-38-46-60(7)10-2)56-82-86(74,75)80-52-62(69)53-81-87(76,77)83-57-64(55-79-66(71)49-41-33-27-26-28-36-44-58(4)5)85-68(73)51-43-35-25-19-17-22-31-39-47-61(8)11-3/h58-64,69H,9-57H2,1-8H3,(H,74,75)(H,76,77)/t59?,60?,61?,62-,63-,64-/m1/s1. The van der Waals surface area contributed by atoms with Crippen molar-refractivity contribution >= 4 is 39.5 Å². The zero-order valence-corrected chi connectivity index (χ0v) is 58.4. The number of ether oxygens (including phenoxy) is 4. The van der Waals surface area contributed by atoms with Gasteiger partial charge in [0.25, 0.3) is 0 Å². The molecule has 0 aromatic carbocycles. The van der Waals surface area contributed by atoms with Crippen LogP contribution in [0.1, 0.15) is 331 Å². The molecular formula is C68H132O17P2. The lowest BCUT2D eigenvalue weighted by molar-refractivity contribution is -0.161. The third kappa shape index (κ3) is 58.9. The zero-order chi connectivity index (χ0) is 64.7. The molecule has 3 N–H and O–H groups in total. The van der Waals surface area contributed by atoms with E-state index in [2.05, 4.69) is 55.4 Å². The van der Waals surface area contributed by atoms with Crippen LogP contribution in [0.25, 0.3) is 0 Å². The zero-order valence-electron chi connectivity index (χ0n) is 56.6. The molecule has 0 aromatic heterocycles. The fourth-order valence-corrected chi connectivity index (χ4v) is 11.6. The Bertz CT molecular complexity index is 1740. The lowest BCUT2D eigenvalue weighted by Crippen LogP contribution is -2.30. The minimum atomic E-state index is -4.95. The van der Waals surface area contributed by atoms with E-state index in [1.54, 1.807) is 0 Å². The summed E-state index contributed by atoms with van der Waals surface area (Å²) < 4.78 is 68.2. The van der Waals surface area contributed by atoms with Gasteiger partial charge in [0.2, 0.25) is 0 Å². The summed E-state index contributed by atoms with van der Waals surface area (Å²) >= 11 is 0. The second-order valence-corrected chi connectivity index (χ2v) is 28.7. The smallest absolute Gasteiger partial charge is 0.462 e. The Morgan fingerprint density at radius 2 is 0.552 bits per heavy atom. The summed E-state index contributed by atoms with van der Waals surface area (Å²) in [6.45, 7) is 14.1. The third-order valence-electron chi connectivity index (χ3n) is 16.7. The predicted octanol–water partition coefficient (Wildman–Crippen LogP) is 18.9. The van der Waals surface area contributed by atoms with Crippen molar-refractivity contribution in [3.8, 4) is 0 Å². The van der Waals surface area contributed by atoms with Gasteiger partial charge in [-0.1, -0.05) is 280 Å². The molecule has 0 fully saturated rings. The van der Waals surface area contributed by atoms with Crippen LogP contribution in [0.5, 0.6) is 0 Å². The lowest BCUT2D eigenvalue weighted by atomic mass is 9.99. The van der Waals surface area contributed by atoms with Gasteiger partial charge in [-0.25, -0.2) is 9.13 Å². The van der Waals surface area contributed by atoms with E-state index in [0.717, 1.165) is 114 Å². The highest BCUT2D eigenvalue weighted by Gasteiger charge is 2.30. The minimum Gasteiger partial charge on any atom is -0.462 e. The molecule has 0 saturated carbocycles. The van der Waals surface area contributed by atoms with Crippen LogP contribution in [-0.2, 0) is 65.4 Å². The molecule has 0 rings (SSSR count). The molecule has 0 amide bonds. The number of rotatable bonds is 65. The first-order valence-electron chi connectivity index (χ1n) is 35.3. The van der Waals surface area contributed by atoms with Crippen molar-refractivity contribution in [1.29, 1.82) is 0 Å². The van der Waals surface area contributed by atoms with E-state index in [1.807, 2.05) is 0 Å². The molecule has 0 radical (unpaired) electrons. The molecule has 0 spiro atoms. The van der Waals surface area contributed by atoms with E-state index in [0.29, 0.717) is 31.6 Å². The fraction of sp³-hybridized carbons (Fsp3) is 0.941. The molecule has 0 saturated heterocycles. The molecule has 5 unspecified atom stereocenters. The van der Waals surface area contributed by atoms with Gasteiger partial charge in [0.15, 0.2) is 12.2 Å². The number of aliphatic hydroxyl groups excluding tert-OH is 1. The second kappa shape index (κ2) is 57.9. The number of unbranched alkanes of at least 4 members (excludes halogenated alkanes) is 28. The van der Waals surface area contributed by atoms with E-state index in [4.69, 9.17) is 37.0 Å². The minimum absolute atomic E-state index is 0.103. The van der Waals surface area contributed by atoms with Crippen molar-refractivity contribution in [3.63, 3.8) is 0 Å². The molecule has 0 bridgehead atoms. The van der Waals surface area contributed by atoms with Gasteiger partial charge in [-0.3, -0.25) is 37.3 Å². The van der Waals surface area contributed by atoms with Gasteiger partial charge in [0.05, 0.1) is 26.4 Å². The Kier molecular flexibility index (Phi) is 56.6. The molecule has 0 aliphatic carbocycles. The summed E-state index contributed by atoms with van der Waals surface area (Å²) in [5.41, 5.74) is 0. The Balaban J connectivity index is 5.26. The summed E-state index contributed by atoms with van der Waals surface area (Å²) in [5.74, 6) is 0.892. The van der Waals surface area contributed by atoms with Crippen molar-refractivity contribution in [3.05, 3.63) is 0 Å². The van der Waals surface area contributed by atoms with Crippen LogP contribution in [0, 0.1) is 23.7 Å². The lowest BCUT2D eigenvalue weighted by Gasteiger charge is -2.21. The van der Waals surface area contributed by atoms with Crippen molar-refractivity contribution in [2.45, 2.75) is 350 Å². The Morgan fingerprint density at radius 1 is 0.322 bits per heavy atom. The maximum atomic E-state index is 13.0. The highest BCUT2D eigenvalue weighted by Crippen LogP contribution is 2.45. The SMILES string of the molecule is CCC(C)CCCCCCCCCCCCC(=O)OC[C@H](COP(=O)(O)OC[C@@H](O)COP(=O)(O)OC[C@@H](COC(=O)CCCCCCCCC(C)C)OC(=O)CCCCCCCCCCC(C)CC)OC(=O)CCCCCCCCCCC(C)CC. The number of hydrogen-bond acceptors (Lipinski definition) is 15. The molecule has 0 aliphatic heterocycles. The summed E-state index contributed by atoms with van der Waals surface area (Å²) in [7, 11) is -9.90. The van der Waals surface area contributed by atoms with E-state index in [9.17, 15) is 43.2 Å². The van der Waals surface area contributed by atoms with Crippen molar-refractivity contribution in [2.75, 3.05) is 39.6 Å². The maximum absolute atomic E-state index is 13.0. The summed E-state index contributed by atoms with van der Waals surface area (Å²) in [5, 5.41) is 10.6. The van der Waals surface area contributed by atoms with E-state index >= 15 is 0 Å². The average Bonchev–Trinajstić information content (AvgIpc) is 3.54. The van der Waals surface area contributed by atoms with Crippen LogP contribution in [-0.4, -0.2) is 96.7 Å². The van der Waals surface area contributed by atoms with Crippen molar-refractivity contribution in [1.82, 2.24) is 0 Å². The number of esters is 4. The third-order valence-corrected chi connectivity index (χ3v) is 18.6. The van der Waals surface area contributed by atoms with Crippen LogP contribution in [0.2, 0.25) is 0 Å². The number of phosphoric ester groups is 2. The molecule has 87 heavy (non-hydrogen) atoms. The molecule has 516 valence electrons. The molecule has 19 heteroatoms. The quantitative estimate of drug-likeness (QED) is 0.0222. The highest BCUT2D eigenvalue weighted by atomic mass is 31.2. The van der Waals surface area contributed by atoms with Crippen LogP contribution >= 0.6 is 15.6 Å². The molecule has 0 aliphatic rings. The number of carbonyl (C=O) groups is 4. The van der Waals surface area contributed by atoms with E-state index < -0.39 is 97.5 Å². The maximum Gasteiger partial charge on any atom is 0.472 e. The van der Waals surface area contributed by atoms with Crippen LogP contribution < -0.4 is 0 Å². The number of carbonyl (C=O) groups excluding carboxylic acids is 4. The summed E-state index contributed by atoms with van der Waals surface area (Å²) in [6, 6.07) is 0. The largest absolute Gasteiger partial charge is 0.472 e. The van der Waals surface area contributed by atoms with Gasteiger partial charge in [0.1, 0.15) is 19.3 Å². The monoisotopic (exact) mass is 1280 g/mol. The molecule has 0 aromatic rings. The Morgan fingerprint density at radius 3 is 0.816 bits per heavy atom. The summed E-state index contributed by atoms with van der Waals surface area (Å²) in [6.07, 6.45) is 38.9.